The van der Waals surface area contributed by atoms with E-state index in [4.69, 9.17) is 10.8 Å². The molecule has 1 heterocycles. The van der Waals surface area contributed by atoms with E-state index in [9.17, 15) is 9.59 Å². The Kier molecular flexibility index (Phi) is 3.65. The molecule has 0 aliphatic heterocycles. The van der Waals surface area contributed by atoms with Crippen molar-refractivity contribution in [2.45, 2.75) is 26.3 Å². The van der Waals surface area contributed by atoms with E-state index in [1.807, 2.05) is 13.8 Å². The Bertz CT molecular complexity index is 439. The number of nitrogens with two attached hydrogens (primary N) is 1. The van der Waals surface area contributed by atoms with Gasteiger partial charge in [-0.15, -0.1) is 0 Å². The number of aromatic nitrogens is 2. The van der Waals surface area contributed by atoms with Gasteiger partial charge in [0.05, 0.1) is 0 Å². The molecule has 0 saturated carbocycles. The summed E-state index contributed by atoms with van der Waals surface area (Å²) >= 11 is 0. The van der Waals surface area contributed by atoms with Gasteiger partial charge in [0.2, 0.25) is 0 Å². The van der Waals surface area contributed by atoms with E-state index in [1.54, 1.807) is 0 Å². The van der Waals surface area contributed by atoms with Gasteiger partial charge in [0, 0.05) is 12.4 Å². The van der Waals surface area contributed by atoms with E-state index < -0.39 is 17.6 Å². The fraction of sp³-hybridized carbons (Fsp3) is 0.500. The third-order valence-electron chi connectivity index (χ3n) is 2.21. The summed E-state index contributed by atoms with van der Waals surface area (Å²) in [6, 6.07) is -0.891. The summed E-state index contributed by atoms with van der Waals surface area (Å²) in [4.78, 5) is 26.3. The van der Waals surface area contributed by atoms with E-state index in [0.29, 0.717) is 6.42 Å². The quantitative estimate of drug-likeness (QED) is 0.777. The van der Waals surface area contributed by atoms with Crippen molar-refractivity contribution in [1.82, 2.24) is 9.55 Å². The van der Waals surface area contributed by atoms with Crippen molar-refractivity contribution in [3.8, 4) is 0 Å². The molecule has 1 atom stereocenters. The average Bonchev–Trinajstić information content (AvgIpc) is 2.18. The van der Waals surface area contributed by atoms with Crippen LogP contribution in [-0.4, -0.2) is 20.6 Å². The highest BCUT2D eigenvalue weighted by atomic mass is 16.4. The van der Waals surface area contributed by atoms with Crippen molar-refractivity contribution in [3.63, 3.8) is 0 Å². The minimum absolute atomic E-state index is 0.169. The van der Waals surface area contributed by atoms with Crippen LogP contribution in [0.15, 0.2) is 17.2 Å². The monoisotopic (exact) mass is 225 g/mol. The number of carboxylic acid groups (broad SMARTS) is 1. The number of carboxylic acids is 1. The number of hydrogen-bond donors (Lipinski definition) is 2. The summed E-state index contributed by atoms with van der Waals surface area (Å²) in [5, 5.41) is 9.07. The van der Waals surface area contributed by atoms with Gasteiger partial charge in [0.25, 0.3) is 5.56 Å². The first-order valence-electron chi connectivity index (χ1n) is 4.99. The van der Waals surface area contributed by atoms with E-state index in [0.717, 1.165) is 4.57 Å². The topological polar surface area (TPSA) is 98.2 Å². The Morgan fingerprint density at radius 3 is 2.75 bits per heavy atom. The maximum atomic E-state index is 11.6. The van der Waals surface area contributed by atoms with Crippen molar-refractivity contribution in [2.75, 3.05) is 5.73 Å². The summed E-state index contributed by atoms with van der Waals surface area (Å²) in [5.41, 5.74) is 4.79. The first-order valence-corrected chi connectivity index (χ1v) is 4.99. The van der Waals surface area contributed by atoms with Crippen LogP contribution in [0.25, 0.3) is 0 Å². The van der Waals surface area contributed by atoms with Crippen molar-refractivity contribution in [3.05, 3.63) is 22.7 Å². The minimum atomic E-state index is -1.04. The molecule has 0 aliphatic carbocycles. The van der Waals surface area contributed by atoms with Crippen LogP contribution in [0.4, 0.5) is 5.82 Å². The molecular formula is C10H15N3O3. The van der Waals surface area contributed by atoms with Crippen LogP contribution in [0.2, 0.25) is 0 Å². The van der Waals surface area contributed by atoms with Gasteiger partial charge in [0.15, 0.2) is 5.82 Å². The van der Waals surface area contributed by atoms with Gasteiger partial charge in [-0.25, -0.2) is 9.78 Å². The Labute approximate surface area is 92.7 Å². The number of rotatable bonds is 4. The molecule has 1 aromatic heterocycles. The molecule has 88 valence electrons. The lowest BCUT2D eigenvalue weighted by Gasteiger charge is -2.17. The van der Waals surface area contributed by atoms with Gasteiger partial charge in [-0.1, -0.05) is 13.8 Å². The molecule has 0 bridgehead atoms. The van der Waals surface area contributed by atoms with Crippen LogP contribution in [0.1, 0.15) is 26.3 Å². The number of anilines is 1. The maximum Gasteiger partial charge on any atom is 0.326 e. The molecule has 1 unspecified atom stereocenters. The SMILES string of the molecule is CC(C)CC(C(=O)O)n1ccnc(N)c1=O. The van der Waals surface area contributed by atoms with E-state index in [-0.39, 0.29) is 11.7 Å². The molecule has 0 radical (unpaired) electrons. The van der Waals surface area contributed by atoms with Crippen LogP contribution in [-0.2, 0) is 4.79 Å². The third-order valence-corrected chi connectivity index (χ3v) is 2.21. The molecule has 0 amide bonds. The number of carbonyl (C=O) groups is 1. The van der Waals surface area contributed by atoms with Crippen molar-refractivity contribution < 1.29 is 9.90 Å². The van der Waals surface area contributed by atoms with E-state index in [2.05, 4.69) is 4.98 Å². The molecule has 1 aromatic rings. The lowest BCUT2D eigenvalue weighted by atomic mass is 10.0. The van der Waals surface area contributed by atoms with Crippen molar-refractivity contribution in [1.29, 1.82) is 0 Å². The molecular weight excluding hydrogens is 210 g/mol. The van der Waals surface area contributed by atoms with Gasteiger partial charge in [-0.05, 0) is 12.3 Å². The van der Waals surface area contributed by atoms with Gasteiger partial charge >= 0.3 is 5.97 Å². The highest BCUT2D eigenvalue weighted by Gasteiger charge is 2.22. The van der Waals surface area contributed by atoms with Crippen LogP contribution in [0.3, 0.4) is 0 Å². The smallest absolute Gasteiger partial charge is 0.326 e. The molecule has 6 heteroatoms. The molecule has 1 rings (SSSR count). The number of aliphatic carboxylic acids is 1. The van der Waals surface area contributed by atoms with Gasteiger partial charge in [0.1, 0.15) is 6.04 Å². The molecule has 16 heavy (non-hydrogen) atoms. The van der Waals surface area contributed by atoms with Crippen LogP contribution < -0.4 is 11.3 Å². The van der Waals surface area contributed by atoms with Gasteiger partial charge < -0.3 is 10.8 Å². The second kappa shape index (κ2) is 4.78. The third kappa shape index (κ3) is 2.59. The number of hydrogen-bond acceptors (Lipinski definition) is 4. The molecule has 0 aliphatic rings. The zero-order chi connectivity index (χ0) is 12.3. The first-order chi connectivity index (χ1) is 7.43. The van der Waals surface area contributed by atoms with Crippen LogP contribution >= 0.6 is 0 Å². The highest BCUT2D eigenvalue weighted by Crippen LogP contribution is 2.16. The van der Waals surface area contributed by atoms with Gasteiger partial charge in [-0.2, -0.15) is 0 Å². The average molecular weight is 225 g/mol. The highest BCUT2D eigenvalue weighted by molar-refractivity contribution is 5.71. The standard InChI is InChI=1S/C10H15N3O3/c1-6(2)5-7(10(15)16)13-4-3-12-8(11)9(13)14/h3-4,6-7H,5H2,1-2H3,(H2,11,12)(H,15,16). The lowest BCUT2D eigenvalue weighted by Crippen LogP contribution is -2.32. The molecule has 0 saturated heterocycles. The normalized spacial score (nSPS) is 12.7. The zero-order valence-corrected chi connectivity index (χ0v) is 9.25. The predicted octanol–water partition coefficient (Wildman–Crippen LogP) is 0.497. The largest absolute Gasteiger partial charge is 0.480 e. The molecule has 0 spiro atoms. The van der Waals surface area contributed by atoms with Crippen molar-refractivity contribution >= 4 is 11.8 Å². The Morgan fingerprint density at radius 1 is 1.62 bits per heavy atom. The maximum absolute atomic E-state index is 11.6. The van der Waals surface area contributed by atoms with E-state index >= 15 is 0 Å². The predicted molar refractivity (Wildman–Crippen MR) is 59.0 cm³/mol. The summed E-state index contributed by atoms with van der Waals surface area (Å²) in [6.07, 6.45) is 3.05. The lowest BCUT2D eigenvalue weighted by molar-refractivity contribution is -0.141. The van der Waals surface area contributed by atoms with Gasteiger partial charge in [-0.3, -0.25) is 9.36 Å². The summed E-state index contributed by atoms with van der Waals surface area (Å²) in [7, 11) is 0. The zero-order valence-electron chi connectivity index (χ0n) is 9.25. The van der Waals surface area contributed by atoms with E-state index in [1.165, 1.54) is 12.4 Å². The van der Waals surface area contributed by atoms with Crippen molar-refractivity contribution in [2.24, 2.45) is 5.92 Å². The molecule has 0 aromatic carbocycles. The summed E-state index contributed by atoms with van der Waals surface area (Å²) in [6.45, 7) is 3.79. The number of nitrogen functional groups attached to an aromatic ring is 1. The second-order valence-corrected chi connectivity index (χ2v) is 4.01. The fourth-order valence-electron chi connectivity index (χ4n) is 1.47. The fourth-order valence-corrected chi connectivity index (χ4v) is 1.47. The van der Waals surface area contributed by atoms with Crippen LogP contribution in [0.5, 0.6) is 0 Å². The first kappa shape index (κ1) is 12.2. The second-order valence-electron chi connectivity index (χ2n) is 4.01. The Hall–Kier alpha value is -1.85. The van der Waals surface area contributed by atoms with Crippen LogP contribution in [0, 0.1) is 5.92 Å². The molecule has 0 fully saturated rings. The molecule has 3 N–H and O–H groups in total. The Balaban J connectivity index is 3.16. The summed E-state index contributed by atoms with van der Waals surface area (Å²) < 4.78 is 1.12. The minimum Gasteiger partial charge on any atom is -0.480 e. The number of nitrogens with zero attached hydrogens (tertiary/aromatic N) is 2. The molecule has 6 nitrogen and oxygen atoms in total. The summed E-state index contributed by atoms with van der Waals surface area (Å²) in [5.74, 6) is -1.05. The Morgan fingerprint density at radius 2 is 2.25 bits per heavy atom.